The average molecular weight is 346 g/mol. The van der Waals surface area contributed by atoms with E-state index in [4.69, 9.17) is 23.8 Å². The highest BCUT2D eigenvalue weighted by Crippen LogP contribution is 2.43. The molecule has 3 nitrogen and oxygen atoms in total. The number of hydrogen-bond donors (Lipinski definition) is 1. The summed E-state index contributed by atoms with van der Waals surface area (Å²) in [6.45, 7) is 0.794. The molecule has 2 aromatic rings. The summed E-state index contributed by atoms with van der Waals surface area (Å²) >= 11 is 11.9. The van der Waals surface area contributed by atoms with Gasteiger partial charge in [-0.1, -0.05) is 41.9 Å². The first-order chi connectivity index (χ1) is 10.9. The highest BCUT2D eigenvalue weighted by Gasteiger charge is 2.44. The van der Waals surface area contributed by atoms with Crippen LogP contribution in [0.5, 0.6) is 0 Å². The fourth-order valence-electron chi connectivity index (χ4n) is 3.32. The number of hydrogen-bond acceptors (Lipinski definition) is 2. The molecule has 0 spiro atoms. The van der Waals surface area contributed by atoms with Crippen molar-refractivity contribution in [2.75, 3.05) is 33.0 Å². The van der Waals surface area contributed by atoms with Crippen LogP contribution in [0, 0.1) is 0 Å². The number of fused-ring (bicyclic) bond motifs is 1. The standard InChI is InChI=1S/C18H20ClN3S/c1-21(2)12-18(13-7-5-4-6-8-13)15-11-14(19)9-10-16(15)20-17(23)22(18)3/h4-11H,12H2,1-3H3,(H,20,23). The predicted octanol–water partition coefficient (Wildman–Crippen LogP) is 3.79. The summed E-state index contributed by atoms with van der Waals surface area (Å²) in [7, 11) is 6.19. The van der Waals surface area contributed by atoms with Crippen LogP contribution in [0.3, 0.4) is 0 Å². The van der Waals surface area contributed by atoms with E-state index in [2.05, 4.69) is 53.5 Å². The van der Waals surface area contributed by atoms with Crippen LogP contribution in [0.25, 0.3) is 0 Å². The zero-order valence-electron chi connectivity index (χ0n) is 13.5. The lowest BCUT2D eigenvalue weighted by Gasteiger charge is -2.49. The molecular formula is C18H20ClN3S. The van der Waals surface area contributed by atoms with Gasteiger partial charge in [0.2, 0.25) is 0 Å². The molecule has 1 atom stereocenters. The van der Waals surface area contributed by atoms with Gasteiger partial charge in [0.05, 0.1) is 0 Å². The van der Waals surface area contributed by atoms with Gasteiger partial charge in [-0.3, -0.25) is 0 Å². The van der Waals surface area contributed by atoms with Crippen LogP contribution in [-0.2, 0) is 5.54 Å². The monoisotopic (exact) mass is 345 g/mol. The molecule has 1 aliphatic rings. The van der Waals surface area contributed by atoms with E-state index >= 15 is 0 Å². The molecule has 1 heterocycles. The number of halogens is 1. The molecule has 120 valence electrons. The number of anilines is 1. The van der Waals surface area contributed by atoms with Crippen molar-refractivity contribution < 1.29 is 0 Å². The summed E-state index contributed by atoms with van der Waals surface area (Å²) in [6.07, 6.45) is 0. The predicted molar refractivity (Wildman–Crippen MR) is 101 cm³/mol. The van der Waals surface area contributed by atoms with Gasteiger partial charge in [0.25, 0.3) is 0 Å². The summed E-state index contributed by atoms with van der Waals surface area (Å²) in [5.41, 5.74) is 2.97. The van der Waals surface area contributed by atoms with E-state index in [1.807, 2.05) is 31.3 Å². The molecule has 23 heavy (non-hydrogen) atoms. The highest BCUT2D eigenvalue weighted by molar-refractivity contribution is 7.80. The third-order valence-electron chi connectivity index (χ3n) is 4.34. The van der Waals surface area contributed by atoms with Crippen molar-refractivity contribution in [3.05, 3.63) is 64.7 Å². The van der Waals surface area contributed by atoms with Crippen LogP contribution >= 0.6 is 23.8 Å². The van der Waals surface area contributed by atoms with Gasteiger partial charge >= 0.3 is 0 Å². The molecular weight excluding hydrogens is 326 g/mol. The fraction of sp³-hybridized carbons (Fsp3) is 0.278. The largest absolute Gasteiger partial charge is 0.337 e. The Hall–Kier alpha value is -1.62. The van der Waals surface area contributed by atoms with E-state index in [0.29, 0.717) is 5.11 Å². The maximum atomic E-state index is 6.32. The molecule has 1 unspecified atom stereocenters. The zero-order valence-corrected chi connectivity index (χ0v) is 15.1. The van der Waals surface area contributed by atoms with E-state index in [1.165, 1.54) is 5.56 Å². The lowest BCUT2D eigenvalue weighted by atomic mass is 9.79. The fourth-order valence-corrected chi connectivity index (χ4v) is 3.76. The van der Waals surface area contributed by atoms with E-state index in [9.17, 15) is 0 Å². The summed E-state index contributed by atoms with van der Waals surface area (Å²) in [4.78, 5) is 4.32. The molecule has 1 aliphatic heterocycles. The molecule has 0 aromatic heterocycles. The molecule has 0 fully saturated rings. The van der Waals surface area contributed by atoms with Crippen LogP contribution in [0.15, 0.2) is 48.5 Å². The minimum Gasteiger partial charge on any atom is -0.337 e. The molecule has 0 bridgehead atoms. The van der Waals surface area contributed by atoms with Crippen molar-refractivity contribution in [2.24, 2.45) is 0 Å². The Balaban J connectivity index is 2.32. The lowest BCUT2D eigenvalue weighted by Crippen LogP contribution is -2.57. The Labute approximate surface area is 147 Å². The third-order valence-corrected chi connectivity index (χ3v) is 4.95. The van der Waals surface area contributed by atoms with Crippen molar-refractivity contribution in [2.45, 2.75) is 5.54 Å². The van der Waals surface area contributed by atoms with Crippen molar-refractivity contribution in [1.82, 2.24) is 9.80 Å². The quantitative estimate of drug-likeness (QED) is 0.853. The Morgan fingerprint density at radius 3 is 2.52 bits per heavy atom. The van der Waals surface area contributed by atoms with E-state index in [1.54, 1.807) is 0 Å². The highest BCUT2D eigenvalue weighted by atomic mass is 35.5. The molecule has 5 heteroatoms. The smallest absolute Gasteiger partial charge is 0.174 e. The number of rotatable bonds is 3. The second kappa shape index (κ2) is 6.11. The maximum Gasteiger partial charge on any atom is 0.174 e. The summed E-state index contributed by atoms with van der Waals surface area (Å²) in [5.74, 6) is 0. The van der Waals surface area contributed by atoms with Crippen LogP contribution in [0.2, 0.25) is 5.02 Å². The van der Waals surface area contributed by atoms with E-state index in [-0.39, 0.29) is 5.54 Å². The molecule has 1 N–H and O–H groups in total. The molecule has 3 rings (SSSR count). The van der Waals surface area contributed by atoms with Gasteiger partial charge < -0.3 is 15.1 Å². The van der Waals surface area contributed by atoms with Gasteiger partial charge in [-0.05, 0) is 50.1 Å². The number of nitrogens with one attached hydrogen (secondary N) is 1. The van der Waals surface area contributed by atoms with E-state index in [0.717, 1.165) is 22.8 Å². The normalized spacial score (nSPS) is 20.4. The van der Waals surface area contributed by atoms with Gasteiger partial charge in [-0.25, -0.2) is 0 Å². The molecule has 0 amide bonds. The maximum absolute atomic E-state index is 6.32. The summed E-state index contributed by atoms with van der Waals surface area (Å²) < 4.78 is 0. The number of thiocarbonyl (C=S) groups is 1. The molecule has 0 saturated heterocycles. The second-order valence-corrected chi connectivity index (χ2v) is 6.97. The zero-order chi connectivity index (χ0) is 16.6. The first kappa shape index (κ1) is 16.2. The van der Waals surface area contributed by atoms with Gasteiger partial charge in [0, 0.05) is 29.9 Å². The molecule has 2 aromatic carbocycles. The number of benzene rings is 2. The van der Waals surface area contributed by atoms with Gasteiger partial charge in [-0.2, -0.15) is 0 Å². The lowest BCUT2D eigenvalue weighted by molar-refractivity contribution is 0.190. The van der Waals surface area contributed by atoms with Crippen molar-refractivity contribution in [3.8, 4) is 0 Å². The van der Waals surface area contributed by atoms with Crippen LogP contribution in [-0.4, -0.2) is 42.6 Å². The Bertz CT molecular complexity index is 732. The Kier molecular flexibility index (Phi) is 4.32. The number of nitrogens with zero attached hydrogens (tertiary/aromatic N) is 2. The minimum absolute atomic E-state index is 0.382. The van der Waals surface area contributed by atoms with Crippen LogP contribution in [0.1, 0.15) is 11.1 Å². The Morgan fingerprint density at radius 2 is 1.87 bits per heavy atom. The van der Waals surface area contributed by atoms with Crippen LogP contribution < -0.4 is 5.32 Å². The van der Waals surface area contributed by atoms with E-state index < -0.39 is 0 Å². The first-order valence-electron chi connectivity index (χ1n) is 7.50. The van der Waals surface area contributed by atoms with Crippen molar-refractivity contribution in [1.29, 1.82) is 0 Å². The van der Waals surface area contributed by atoms with Gasteiger partial charge in [0.1, 0.15) is 5.54 Å². The Morgan fingerprint density at radius 1 is 1.17 bits per heavy atom. The number of likely N-dealkylation sites (N-methyl/N-ethyl adjacent to an activating group) is 2. The SMILES string of the molecule is CN(C)CC1(c2ccccc2)c2cc(Cl)ccc2NC(=S)N1C. The molecule has 0 radical (unpaired) electrons. The summed E-state index contributed by atoms with van der Waals surface area (Å²) in [6, 6.07) is 16.4. The first-order valence-corrected chi connectivity index (χ1v) is 8.29. The molecule has 0 aliphatic carbocycles. The second-order valence-electron chi connectivity index (χ2n) is 6.14. The van der Waals surface area contributed by atoms with Crippen molar-refractivity contribution in [3.63, 3.8) is 0 Å². The van der Waals surface area contributed by atoms with Crippen LogP contribution in [0.4, 0.5) is 5.69 Å². The minimum atomic E-state index is -0.382. The van der Waals surface area contributed by atoms with Gasteiger partial charge in [-0.15, -0.1) is 0 Å². The molecule has 0 saturated carbocycles. The average Bonchev–Trinajstić information content (AvgIpc) is 2.53. The topological polar surface area (TPSA) is 18.5 Å². The summed E-state index contributed by atoms with van der Waals surface area (Å²) in [5, 5.41) is 4.76. The third kappa shape index (κ3) is 2.71. The van der Waals surface area contributed by atoms with Gasteiger partial charge in [0.15, 0.2) is 5.11 Å². The van der Waals surface area contributed by atoms with Crippen molar-refractivity contribution >= 4 is 34.6 Å².